The normalized spacial score (nSPS) is 31.4. The lowest BCUT2D eigenvalue weighted by molar-refractivity contribution is 0.0613. The van der Waals surface area contributed by atoms with Crippen molar-refractivity contribution in [2.45, 2.75) is 70.0 Å². The van der Waals surface area contributed by atoms with Gasteiger partial charge in [-0.25, -0.2) is 0 Å². The Labute approximate surface area is 127 Å². The van der Waals surface area contributed by atoms with Crippen LogP contribution in [0.5, 0.6) is 0 Å². The second-order valence-corrected chi connectivity index (χ2v) is 7.94. The molecule has 2 aliphatic carbocycles. The van der Waals surface area contributed by atoms with Crippen LogP contribution in [0.2, 0.25) is 0 Å². The highest BCUT2D eigenvalue weighted by atomic mass is 32.1. The molecule has 0 aliphatic heterocycles. The molecule has 0 amide bonds. The van der Waals surface area contributed by atoms with Crippen molar-refractivity contribution in [1.82, 2.24) is 4.90 Å². The van der Waals surface area contributed by atoms with Crippen LogP contribution >= 0.6 is 11.3 Å². The zero-order valence-corrected chi connectivity index (χ0v) is 13.5. The van der Waals surface area contributed by atoms with Crippen molar-refractivity contribution in [1.29, 1.82) is 0 Å². The van der Waals surface area contributed by atoms with Gasteiger partial charge in [0.25, 0.3) is 0 Å². The lowest BCUT2D eigenvalue weighted by Crippen LogP contribution is -2.54. The topological polar surface area (TPSA) is 29.3 Å². The second-order valence-electron chi connectivity index (χ2n) is 6.90. The molecule has 2 aliphatic rings. The van der Waals surface area contributed by atoms with E-state index in [-0.39, 0.29) is 5.54 Å². The van der Waals surface area contributed by atoms with Crippen molar-refractivity contribution in [2.24, 2.45) is 11.7 Å². The van der Waals surface area contributed by atoms with Crippen LogP contribution in [0.3, 0.4) is 0 Å². The van der Waals surface area contributed by atoms with Gasteiger partial charge in [-0.2, -0.15) is 0 Å². The maximum absolute atomic E-state index is 6.31. The van der Waals surface area contributed by atoms with Crippen LogP contribution in [0, 0.1) is 5.92 Å². The molecular formula is C17H28N2S. The molecule has 1 aromatic heterocycles. The first-order chi connectivity index (χ1) is 9.73. The lowest BCUT2D eigenvalue weighted by atomic mass is 9.87. The standard InChI is InChI=1S/C17H28N2S/c1-14-4-2-9-17(13-18,10-8-14)19(15-6-7-15)12-16-5-3-11-20-16/h3,5,11,14-15H,2,4,6-10,12-13,18H2,1H3. The van der Waals surface area contributed by atoms with Crippen LogP contribution in [-0.4, -0.2) is 23.0 Å². The van der Waals surface area contributed by atoms with Crippen LogP contribution in [0.15, 0.2) is 17.5 Å². The summed E-state index contributed by atoms with van der Waals surface area (Å²) >= 11 is 1.89. The quantitative estimate of drug-likeness (QED) is 0.831. The number of nitrogens with two attached hydrogens (primary N) is 1. The summed E-state index contributed by atoms with van der Waals surface area (Å²) in [6.07, 6.45) is 9.45. The Kier molecular flexibility index (Phi) is 4.49. The van der Waals surface area contributed by atoms with Gasteiger partial charge in [0.05, 0.1) is 0 Å². The van der Waals surface area contributed by atoms with Crippen LogP contribution in [0.4, 0.5) is 0 Å². The third kappa shape index (κ3) is 3.10. The van der Waals surface area contributed by atoms with E-state index in [1.54, 1.807) is 0 Å². The monoisotopic (exact) mass is 292 g/mol. The van der Waals surface area contributed by atoms with Crippen molar-refractivity contribution in [2.75, 3.05) is 6.54 Å². The fourth-order valence-electron chi connectivity index (χ4n) is 3.81. The van der Waals surface area contributed by atoms with E-state index < -0.39 is 0 Å². The molecule has 2 N–H and O–H groups in total. The Morgan fingerprint density at radius 3 is 2.80 bits per heavy atom. The van der Waals surface area contributed by atoms with E-state index in [4.69, 9.17) is 5.73 Å². The van der Waals surface area contributed by atoms with Gasteiger partial charge < -0.3 is 5.73 Å². The van der Waals surface area contributed by atoms with Crippen molar-refractivity contribution < 1.29 is 0 Å². The SMILES string of the molecule is CC1CCCC(CN)(N(Cc2cccs2)C2CC2)CC1. The molecule has 20 heavy (non-hydrogen) atoms. The van der Waals surface area contributed by atoms with Gasteiger partial charge in [0.2, 0.25) is 0 Å². The smallest absolute Gasteiger partial charge is 0.0338 e. The van der Waals surface area contributed by atoms with Crippen LogP contribution in [-0.2, 0) is 6.54 Å². The fraction of sp³-hybridized carbons (Fsp3) is 0.765. The van der Waals surface area contributed by atoms with Crippen LogP contribution in [0.25, 0.3) is 0 Å². The molecule has 1 aromatic rings. The summed E-state index contributed by atoms with van der Waals surface area (Å²) in [6.45, 7) is 4.36. The van der Waals surface area contributed by atoms with Gasteiger partial charge in [-0.1, -0.05) is 25.8 Å². The fourth-order valence-corrected chi connectivity index (χ4v) is 4.52. The number of nitrogens with zero attached hydrogens (tertiary/aromatic N) is 1. The predicted octanol–water partition coefficient (Wildman–Crippen LogP) is 4.01. The number of hydrogen-bond acceptors (Lipinski definition) is 3. The molecule has 2 atom stereocenters. The van der Waals surface area contributed by atoms with Crippen LogP contribution in [0.1, 0.15) is 56.7 Å². The first-order valence-corrected chi connectivity index (χ1v) is 9.11. The third-order valence-electron chi connectivity index (χ3n) is 5.32. The van der Waals surface area contributed by atoms with Crippen molar-refractivity contribution in [3.05, 3.63) is 22.4 Å². The van der Waals surface area contributed by atoms with E-state index in [1.165, 1.54) is 49.8 Å². The molecule has 2 nitrogen and oxygen atoms in total. The van der Waals surface area contributed by atoms with E-state index in [0.717, 1.165) is 25.0 Å². The van der Waals surface area contributed by atoms with Gasteiger partial charge in [-0.15, -0.1) is 11.3 Å². The van der Waals surface area contributed by atoms with E-state index >= 15 is 0 Å². The highest BCUT2D eigenvalue weighted by Gasteiger charge is 2.43. The molecule has 112 valence electrons. The molecule has 2 fully saturated rings. The Morgan fingerprint density at radius 1 is 1.30 bits per heavy atom. The zero-order valence-electron chi connectivity index (χ0n) is 12.7. The first kappa shape index (κ1) is 14.6. The molecule has 3 rings (SSSR count). The molecular weight excluding hydrogens is 264 g/mol. The van der Waals surface area contributed by atoms with Gasteiger partial charge in [0.15, 0.2) is 0 Å². The predicted molar refractivity (Wildman–Crippen MR) is 86.9 cm³/mol. The molecule has 3 heteroatoms. The maximum Gasteiger partial charge on any atom is 0.0338 e. The summed E-state index contributed by atoms with van der Waals surface area (Å²) in [5, 5.41) is 2.20. The average Bonchev–Trinajstić information content (AvgIpc) is 3.20. The summed E-state index contributed by atoms with van der Waals surface area (Å²) in [5.74, 6) is 0.881. The molecule has 2 saturated carbocycles. The zero-order chi connectivity index (χ0) is 14.0. The molecule has 0 spiro atoms. The van der Waals surface area contributed by atoms with Gasteiger partial charge in [0.1, 0.15) is 0 Å². The summed E-state index contributed by atoms with van der Waals surface area (Å²) in [5.41, 5.74) is 6.58. The number of hydrogen-bond donors (Lipinski definition) is 1. The van der Waals surface area contributed by atoms with Gasteiger partial charge in [-0.3, -0.25) is 4.90 Å². The number of rotatable bonds is 5. The van der Waals surface area contributed by atoms with E-state index in [0.29, 0.717) is 0 Å². The summed E-state index contributed by atoms with van der Waals surface area (Å²) in [6, 6.07) is 5.26. The Hall–Kier alpha value is -0.380. The molecule has 2 unspecified atom stereocenters. The Balaban J connectivity index is 1.79. The van der Waals surface area contributed by atoms with Gasteiger partial charge >= 0.3 is 0 Å². The number of thiophene rings is 1. The maximum atomic E-state index is 6.31. The van der Waals surface area contributed by atoms with E-state index in [1.807, 2.05) is 11.3 Å². The molecule has 0 bridgehead atoms. The van der Waals surface area contributed by atoms with E-state index in [9.17, 15) is 0 Å². The lowest BCUT2D eigenvalue weighted by Gasteiger charge is -2.43. The van der Waals surface area contributed by atoms with Crippen molar-refractivity contribution >= 4 is 11.3 Å². The largest absolute Gasteiger partial charge is 0.329 e. The molecule has 0 radical (unpaired) electrons. The van der Waals surface area contributed by atoms with Crippen molar-refractivity contribution in [3.8, 4) is 0 Å². The summed E-state index contributed by atoms with van der Waals surface area (Å²) < 4.78 is 0. The van der Waals surface area contributed by atoms with E-state index in [2.05, 4.69) is 29.3 Å². The Bertz CT molecular complexity index is 413. The van der Waals surface area contributed by atoms with Gasteiger partial charge in [-0.05, 0) is 49.5 Å². The highest BCUT2D eigenvalue weighted by Crippen LogP contribution is 2.42. The minimum absolute atomic E-state index is 0.274. The molecule has 0 aromatic carbocycles. The molecule has 0 saturated heterocycles. The van der Waals surface area contributed by atoms with Crippen LogP contribution < -0.4 is 5.73 Å². The summed E-state index contributed by atoms with van der Waals surface area (Å²) in [4.78, 5) is 4.29. The van der Waals surface area contributed by atoms with Gasteiger partial charge in [0, 0.05) is 29.5 Å². The minimum atomic E-state index is 0.274. The minimum Gasteiger partial charge on any atom is -0.329 e. The highest BCUT2D eigenvalue weighted by molar-refractivity contribution is 7.09. The third-order valence-corrected chi connectivity index (χ3v) is 6.19. The first-order valence-electron chi connectivity index (χ1n) is 8.23. The average molecular weight is 292 g/mol. The summed E-state index contributed by atoms with van der Waals surface area (Å²) in [7, 11) is 0. The Morgan fingerprint density at radius 2 is 2.15 bits per heavy atom. The van der Waals surface area contributed by atoms with Crippen molar-refractivity contribution in [3.63, 3.8) is 0 Å². The second kappa shape index (κ2) is 6.17. The molecule has 1 heterocycles.